The molecule has 5 heteroatoms. The van der Waals surface area contributed by atoms with E-state index in [0.29, 0.717) is 18.0 Å². The van der Waals surface area contributed by atoms with Gasteiger partial charge in [0.1, 0.15) is 0 Å². The van der Waals surface area contributed by atoms with Gasteiger partial charge in [-0.05, 0) is 24.3 Å². The Labute approximate surface area is 145 Å². The number of halogens is 1. The van der Waals surface area contributed by atoms with Crippen molar-refractivity contribution < 1.29 is 9.59 Å². The predicted octanol–water partition coefficient (Wildman–Crippen LogP) is 3.12. The molecular weight excluding hydrogens is 312 g/mol. The standard InChI is InChI=1S/C18H28N2O2.ClH/c1-4-14-5-7-15(8-6-14)17(21)9-10-18(22)20-16(12-19)11-13(2)3;/h5-8,13,16H,4,9-12,19H2,1-3H3,(H,20,22);1H. The highest BCUT2D eigenvalue weighted by molar-refractivity contribution is 5.98. The Balaban J connectivity index is 0.00000484. The van der Waals surface area contributed by atoms with Crippen LogP contribution in [0.2, 0.25) is 0 Å². The molecule has 0 aromatic heterocycles. The lowest BCUT2D eigenvalue weighted by molar-refractivity contribution is -0.121. The zero-order chi connectivity index (χ0) is 16.5. The Bertz CT molecular complexity index is 486. The molecule has 1 aromatic rings. The molecule has 0 fully saturated rings. The van der Waals surface area contributed by atoms with E-state index >= 15 is 0 Å². The number of amides is 1. The van der Waals surface area contributed by atoms with Gasteiger partial charge in [0.2, 0.25) is 5.91 Å². The third kappa shape index (κ3) is 8.14. The second kappa shape index (κ2) is 11.2. The van der Waals surface area contributed by atoms with Crippen LogP contribution in [0.25, 0.3) is 0 Å². The third-order valence-electron chi connectivity index (χ3n) is 3.67. The number of nitrogens with two attached hydrogens (primary N) is 1. The van der Waals surface area contributed by atoms with E-state index in [1.165, 1.54) is 5.56 Å². The van der Waals surface area contributed by atoms with E-state index in [4.69, 9.17) is 5.73 Å². The van der Waals surface area contributed by atoms with Crippen LogP contribution in [0.5, 0.6) is 0 Å². The van der Waals surface area contributed by atoms with Crippen LogP contribution in [-0.4, -0.2) is 24.3 Å². The lowest BCUT2D eigenvalue weighted by atomic mass is 10.0. The fourth-order valence-electron chi connectivity index (χ4n) is 2.38. The van der Waals surface area contributed by atoms with E-state index in [9.17, 15) is 9.59 Å². The molecule has 1 rings (SSSR count). The van der Waals surface area contributed by atoms with E-state index < -0.39 is 0 Å². The summed E-state index contributed by atoms with van der Waals surface area (Å²) in [5.41, 5.74) is 7.53. The number of nitrogens with one attached hydrogen (secondary N) is 1. The summed E-state index contributed by atoms with van der Waals surface area (Å²) in [6.45, 7) is 6.69. The fraction of sp³-hybridized carbons (Fsp3) is 0.556. The van der Waals surface area contributed by atoms with Crippen LogP contribution in [0.15, 0.2) is 24.3 Å². The highest BCUT2D eigenvalue weighted by atomic mass is 35.5. The number of aryl methyl sites for hydroxylation is 1. The van der Waals surface area contributed by atoms with Gasteiger partial charge < -0.3 is 11.1 Å². The van der Waals surface area contributed by atoms with Crippen LogP contribution < -0.4 is 11.1 Å². The molecule has 0 heterocycles. The van der Waals surface area contributed by atoms with Crippen molar-refractivity contribution in [2.75, 3.05) is 6.54 Å². The Kier molecular flexibility index (Phi) is 10.5. The first kappa shape index (κ1) is 21.6. The maximum Gasteiger partial charge on any atom is 0.220 e. The van der Waals surface area contributed by atoms with Crippen molar-refractivity contribution in [3.05, 3.63) is 35.4 Å². The minimum Gasteiger partial charge on any atom is -0.352 e. The van der Waals surface area contributed by atoms with Gasteiger partial charge in [-0.2, -0.15) is 0 Å². The lowest BCUT2D eigenvalue weighted by Crippen LogP contribution is -2.41. The Morgan fingerprint density at radius 2 is 1.74 bits per heavy atom. The van der Waals surface area contributed by atoms with E-state index in [-0.39, 0.29) is 43.0 Å². The molecule has 0 saturated carbocycles. The molecule has 1 aromatic carbocycles. The average Bonchev–Trinajstić information content (AvgIpc) is 2.51. The number of hydrogen-bond acceptors (Lipinski definition) is 3. The van der Waals surface area contributed by atoms with Gasteiger partial charge in [0.05, 0.1) is 0 Å². The summed E-state index contributed by atoms with van der Waals surface area (Å²) in [5, 5.41) is 2.91. The minimum absolute atomic E-state index is 0. The van der Waals surface area contributed by atoms with Gasteiger partial charge in [-0.25, -0.2) is 0 Å². The van der Waals surface area contributed by atoms with E-state index in [2.05, 4.69) is 26.1 Å². The summed E-state index contributed by atoms with van der Waals surface area (Å²) in [6, 6.07) is 7.58. The fourth-order valence-corrected chi connectivity index (χ4v) is 2.38. The highest BCUT2D eigenvalue weighted by Gasteiger charge is 2.14. The Morgan fingerprint density at radius 3 is 2.22 bits per heavy atom. The first-order valence-corrected chi connectivity index (χ1v) is 8.07. The van der Waals surface area contributed by atoms with Crippen molar-refractivity contribution in [1.29, 1.82) is 0 Å². The third-order valence-corrected chi connectivity index (χ3v) is 3.67. The molecule has 0 saturated heterocycles. The van der Waals surface area contributed by atoms with Gasteiger partial charge in [0.25, 0.3) is 0 Å². The van der Waals surface area contributed by atoms with Gasteiger partial charge in [-0.3, -0.25) is 9.59 Å². The zero-order valence-electron chi connectivity index (χ0n) is 14.3. The maximum atomic E-state index is 12.1. The van der Waals surface area contributed by atoms with Gasteiger partial charge in [0, 0.05) is 31.0 Å². The Morgan fingerprint density at radius 1 is 1.13 bits per heavy atom. The molecule has 4 nitrogen and oxygen atoms in total. The minimum atomic E-state index is -0.102. The molecule has 1 atom stereocenters. The molecule has 0 aliphatic rings. The van der Waals surface area contributed by atoms with Gasteiger partial charge in [-0.15, -0.1) is 12.4 Å². The zero-order valence-corrected chi connectivity index (χ0v) is 15.1. The summed E-state index contributed by atoms with van der Waals surface area (Å²) in [6.07, 6.45) is 2.25. The number of carbonyl (C=O) groups excluding carboxylic acids is 2. The number of carbonyl (C=O) groups is 2. The van der Waals surface area contributed by atoms with Crippen LogP contribution in [0.4, 0.5) is 0 Å². The van der Waals surface area contributed by atoms with Crippen molar-refractivity contribution in [3.8, 4) is 0 Å². The van der Waals surface area contributed by atoms with Crippen LogP contribution >= 0.6 is 12.4 Å². The van der Waals surface area contributed by atoms with Crippen LogP contribution in [-0.2, 0) is 11.2 Å². The summed E-state index contributed by atoms with van der Waals surface area (Å²) in [4.78, 5) is 24.0. The van der Waals surface area contributed by atoms with Crippen LogP contribution in [0, 0.1) is 5.92 Å². The molecule has 23 heavy (non-hydrogen) atoms. The summed E-state index contributed by atoms with van der Waals surface area (Å²) >= 11 is 0. The van der Waals surface area contributed by atoms with E-state index in [1.807, 2.05) is 24.3 Å². The van der Waals surface area contributed by atoms with Crippen molar-refractivity contribution in [1.82, 2.24) is 5.32 Å². The molecule has 0 spiro atoms. The normalized spacial score (nSPS) is 11.7. The predicted molar refractivity (Wildman–Crippen MR) is 97.1 cm³/mol. The van der Waals surface area contributed by atoms with Gasteiger partial charge in [-0.1, -0.05) is 45.0 Å². The van der Waals surface area contributed by atoms with Crippen molar-refractivity contribution in [2.45, 2.75) is 52.5 Å². The summed E-state index contributed by atoms with van der Waals surface area (Å²) < 4.78 is 0. The van der Waals surface area contributed by atoms with E-state index in [1.54, 1.807) is 0 Å². The highest BCUT2D eigenvalue weighted by Crippen LogP contribution is 2.09. The molecule has 1 amide bonds. The first-order valence-electron chi connectivity index (χ1n) is 8.07. The number of ketones is 1. The number of hydrogen-bond donors (Lipinski definition) is 2. The number of benzene rings is 1. The largest absolute Gasteiger partial charge is 0.352 e. The lowest BCUT2D eigenvalue weighted by Gasteiger charge is -2.18. The molecule has 0 bridgehead atoms. The second-order valence-electron chi connectivity index (χ2n) is 6.10. The quantitative estimate of drug-likeness (QED) is 0.678. The van der Waals surface area contributed by atoms with Crippen molar-refractivity contribution in [3.63, 3.8) is 0 Å². The smallest absolute Gasteiger partial charge is 0.220 e. The molecule has 0 aliphatic heterocycles. The van der Waals surface area contributed by atoms with Gasteiger partial charge >= 0.3 is 0 Å². The first-order chi connectivity index (χ1) is 10.5. The number of Topliss-reactive ketones (excluding diaryl/α,β-unsaturated/α-hetero) is 1. The van der Waals surface area contributed by atoms with Crippen molar-refractivity contribution in [2.24, 2.45) is 11.7 Å². The average molecular weight is 341 g/mol. The Hall–Kier alpha value is -1.39. The van der Waals surface area contributed by atoms with E-state index in [0.717, 1.165) is 12.8 Å². The van der Waals surface area contributed by atoms with Gasteiger partial charge in [0.15, 0.2) is 5.78 Å². The molecule has 1 unspecified atom stereocenters. The molecule has 0 aliphatic carbocycles. The monoisotopic (exact) mass is 340 g/mol. The van der Waals surface area contributed by atoms with Crippen LogP contribution in [0.3, 0.4) is 0 Å². The topological polar surface area (TPSA) is 72.2 Å². The number of rotatable bonds is 9. The van der Waals surface area contributed by atoms with Crippen molar-refractivity contribution >= 4 is 24.1 Å². The SMILES string of the molecule is CCc1ccc(C(=O)CCC(=O)NC(CN)CC(C)C)cc1.Cl. The summed E-state index contributed by atoms with van der Waals surface area (Å²) in [5.74, 6) is 0.383. The second-order valence-corrected chi connectivity index (χ2v) is 6.10. The van der Waals surface area contributed by atoms with Crippen LogP contribution in [0.1, 0.15) is 56.0 Å². The maximum absolute atomic E-state index is 12.1. The molecule has 130 valence electrons. The molecule has 0 radical (unpaired) electrons. The molecule has 3 N–H and O–H groups in total. The summed E-state index contributed by atoms with van der Waals surface area (Å²) in [7, 11) is 0. The molecular formula is C18H29ClN2O2.